The van der Waals surface area contributed by atoms with E-state index in [0.29, 0.717) is 96.2 Å². The van der Waals surface area contributed by atoms with Gasteiger partial charge in [-0.15, -0.1) is 0 Å². The molecule has 5 aliphatic rings. The van der Waals surface area contributed by atoms with Crippen molar-refractivity contribution in [3.63, 3.8) is 0 Å². The summed E-state index contributed by atoms with van der Waals surface area (Å²) in [6.45, 7) is 9.11. The molecule has 143 heavy (non-hydrogen) atoms. The van der Waals surface area contributed by atoms with E-state index in [1.54, 1.807) is 66.8 Å². The van der Waals surface area contributed by atoms with E-state index in [-0.39, 0.29) is 45.4 Å². The summed E-state index contributed by atoms with van der Waals surface area (Å²) in [5, 5.41) is 4.39. The summed E-state index contributed by atoms with van der Waals surface area (Å²) in [5.74, 6) is 18.0. The van der Waals surface area contributed by atoms with Crippen molar-refractivity contribution in [2.45, 2.75) is 89.2 Å². The summed E-state index contributed by atoms with van der Waals surface area (Å²) >= 11 is 0. The smallest absolute Gasteiger partial charge is 0.404 e. The molecule has 698 valence electrons. The lowest BCUT2D eigenvalue weighted by Gasteiger charge is -2.25. The molecule has 0 aliphatic carbocycles. The van der Waals surface area contributed by atoms with Gasteiger partial charge in [0.2, 0.25) is 28.6 Å². The molecular formula is C118H111B5N15O5+5. The SMILES string of the molecule is CB1C=Cc2c(oc3nc(C)ccc23)N1c1cc(-c2ccccc2)cc[n+]1C.CB1C=Cc2c(oc3ncccc23)N1c1cc(C)c(-c2ccccc2)c[n+]1C.[2H]C([2H])([2H])C1=CB(C)N(c2cc(-c3ccccc3)c(C([2H])([2H])[2H])c[n+]2C)c2oc3ncccc3c21.[2H]C([2H])([2H])C1=CB(C)N(c2cc(C)c(-c3ccccc3)c[n+]2C)c2oc3ncccc3c21.[2H]C([2H])([2H])c1c[n+](C)c(N2B(C)C=Cc3c2oc2nc(C)ccc32)cc1-c1ccccc1. The summed E-state index contributed by atoms with van der Waals surface area (Å²) in [5.41, 5.74) is 22.3. The first-order valence-electron chi connectivity index (χ1n) is 54.0. The average Bonchev–Trinajstić information content (AvgIpc) is 1.56. The number of benzene rings is 5. The number of hydrogen-bond acceptors (Lipinski definition) is 15. The molecule has 0 spiro atoms. The fourth-order valence-corrected chi connectivity index (χ4v) is 19.9. The van der Waals surface area contributed by atoms with Crippen LogP contribution in [0.2, 0.25) is 34.1 Å². The molecule has 0 atom stereocenters. The van der Waals surface area contributed by atoms with Crippen LogP contribution in [0.25, 0.3) is 141 Å². The van der Waals surface area contributed by atoms with Crippen LogP contribution in [0.1, 0.15) is 91.6 Å². The van der Waals surface area contributed by atoms with Crippen molar-refractivity contribution in [3.05, 3.63) is 390 Å². The molecule has 0 fully saturated rings. The summed E-state index contributed by atoms with van der Waals surface area (Å²) in [6.07, 6.45) is 21.1. The van der Waals surface area contributed by atoms with Crippen LogP contribution in [0.15, 0.2) is 350 Å². The van der Waals surface area contributed by atoms with E-state index >= 15 is 0 Å². The average molecular weight is 1890 g/mol. The van der Waals surface area contributed by atoms with Crippen LogP contribution in [-0.2, 0) is 35.2 Å². The molecule has 20 heterocycles. The maximum Gasteiger partial charge on any atom is 0.406 e. The van der Waals surface area contributed by atoms with E-state index < -0.39 is 27.4 Å². The molecule has 0 amide bonds. The number of allylic oxidation sites excluding steroid dienone is 2. The van der Waals surface area contributed by atoms with Gasteiger partial charge in [0.05, 0.1) is 121 Å². The highest BCUT2D eigenvalue weighted by atomic mass is 16.4. The third-order valence-corrected chi connectivity index (χ3v) is 27.1. The van der Waals surface area contributed by atoms with E-state index in [2.05, 4.69) is 253 Å². The van der Waals surface area contributed by atoms with Crippen LogP contribution < -0.4 is 46.9 Å². The molecule has 0 unspecified atom stereocenters. The number of nitrogens with zero attached hydrogens (tertiary/aromatic N) is 15. The van der Waals surface area contributed by atoms with Crippen LogP contribution in [0, 0.1) is 41.4 Å². The van der Waals surface area contributed by atoms with Crippen molar-refractivity contribution >= 4 is 178 Å². The molecule has 5 aliphatic heterocycles. The van der Waals surface area contributed by atoms with Gasteiger partial charge in [0.15, 0.2) is 0 Å². The minimum Gasteiger partial charge on any atom is -0.404 e. The van der Waals surface area contributed by atoms with Gasteiger partial charge in [-0.25, -0.2) is 47.8 Å². The second kappa shape index (κ2) is 38.5. The first kappa shape index (κ1) is 79.2. The van der Waals surface area contributed by atoms with Crippen LogP contribution in [0.4, 0.5) is 58.5 Å². The number of furan rings is 5. The van der Waals surface area contributed by atoms with Crippen LogP contribution in [0.3, 0.4) is 0 Å². The normalized spacial score (nSPS) is 15.0. The Morgan fingerprint density at radius 2 is 0.601 bits per heavy atom. The van der Waals surface area contributed by atoms with Gasteiger partial charge < -0.3 is 22.1 Å². The minimum atomic E-state index is -2.34. The lowest BCUT2D eigenvalue weighted by atomic mass is 9.59. The Kier molecular flexibility index (Phi) is 21.3. The van der Waals surface area contributed by atoms with Crippen molar-refractivity contribution in [1.29, 1.82) is 0 Å². The quantitative estimate of drug-likeness (QED) is 0.0937. The summed E-state index contributed by atoms with van der Waals surface area (Å²) < 4.78 is 138. The Labute approximate surface area is 853 Å². The Morgan fingerprint density at radius 1 is 0.280 bits per heavy atom. The zero-order valence-electron chi connectivity index (χ0n) is 94.0. The zero-order chi connectivity index (χ0) is 109. The topological polar surface area (TPSA) is 166 Å². The number of aryl methyl sites for hydroxylation is 11. The number of aromatic nitrogens is 10. The fraction of sp³-hybridized carbons (Fsp3) is 0.153. The van der Waals surface area contributed by atoms with Gasteiger partial charge in [-0.05, 0) is 234 Å². The highest BCUT2D eigenvalue weighted by molar-refractivity contribution is 6.72. The molecular weight excluding hydrogens is 1760 g/mol. The predicted octanol–water partition coefficient (Wildman–Crippen LogP) is 25.9. The van der Waals surface area contributed by atoms with Gasteiger partial charge in [-0.1, -0.05) is 200 Å². The summed E-state index contributed by atoms with van der Waals surface area (Å²) in [4.78, 5) is 32.7. The molecule has 0 saturated carbocycles. The Bertz CT molecular complexity index is 9010. The van der Waals surface area contributed by atoms with E-state index in [1.165, 1.54) is 27.8 Å². The van der Waals surface area contributed by atoms with E-state index in [9.17, 15) is 0 Å². The lowest BCUT2D eigenvalue weighted by Crippen LogP contribution is -2.44. The second-order valence-electron chi connectivity index (χ2n) is 37.0. The number of hydrogen-bond donors (Lipinski definition) is 0. The lowest BCUT2D eigenvalue weighted by molar-refractivity contribution is -0.658. The maximum absolute atomic E-state index is 8.13. The van der Waals surface area contributed by atoms with Crippen molar-refractivity contribution in [2.75, 3.05) is 24.1 Å². The van der Waals surface area contributed by atoms with Gasteiger partial charge in [-0.3, -0.25) is 24.1 Å². The van der Waals surface area contributed by atoms with Crippen molar-refractivity contribution in [1.82, 2.24) is 24.9 Å². The fourth-order valence-electron chi connectivity index (χ4n) is 19.9. The molecule has 5 aromatic carbocycles. The number of anilines is 10. The standard InChI is InChI=1S/3C24H23BN3O.2C23H21BN3O/c1-16-14-25(3)28(24-22(16)19-11-8-12-26-23(19)29-24)21-13-20(17(2)15-27(21)4)18-9-6-5-7-10-18;1-16-13-21(27(4)15-20(16)18-9-6-5-7-10-18)28-24-22(17(2)14-25(28)3)19-11-8-12-26-23(19)29-24;1-16-15-27(4)22(14-21(16)18-8-6-5-7-9-18)28-24-20(12-13-25(28)3)19-11-10-17(2)26-23(19)29-24;1-16-14-21(26(3)15-20(16)17-8-5-4-6-9-17)27-23-19(11-12-24(27)2)18-10-7-13-25-22(18)28-23;1-16-9-10-19-20-11-13-24(2)27(23(20)28-22(19)25-16)21-15-18(12-14-26(21)3)17-7-5-4-6-8-17/h3*5-15H,1-4H3;2*4-15H,1-3H3/q5*+1/i1D3,2D3;2D3;1D3;;. The van der Waals surface area contributed by atoms with E-state index in [4.69, 9.17) is 38.5 Å². The Morgan fingerprint density at radius 3 is 0.986 bits per heavy atom. The Hall–Kier alpha value is -16.7. The molecule has 0 radical (unpaired) electrons. The second-order valence-corrected chi connectivity index (χ2v) is 37.0. The van der Waals surface area contributed by atoms with Crippen molar-refractivity contribution in [2.24, 2.45) is 35.2 Å². The molecule has 0 bridgehead atoms. The molecule has 0 N–H and O–H groups in total. The van der Waals surface area contributed by atoms with Crippen LogP contribution in [-0.4, -0.2) is 59.2 Å². The largest absolute Gasteiger partial charge is 0.406 e. The molecule has 15 aromatic heterocycles. The molecule has 25 heteroatoms. The monoisotopic (exact) mass is 1890 g/mol. The highest BCUT2D eigenvalue weighted by Gasteiger charge is 2.45. The van der Waals surface area contributed by atoms with Crippen molar-refractivity contribution in [3.8, 4) is 55.6 Å². The first-order chi connectivity index (χ1) is 74.2. The third-order valence-electron chi connectivity index (χ3n) is 27.1. The van der Waals surface area contributed by atoms with Gasteiger partial charge >= 0.3 is 34.2 Å². The van der Waals surface area contributed by atoms with Crippen LogP contribution in [0.5, 0.6) is 0 Å². The van der Waals surface area contributed by atoms with Crippen molar-refractivity contribution < 1.29 is 61.4 Å². The first-order valence-corrected chi connectivity index (χ1v) is 48.0. The van der Waals surface area contributed by atoms with Gasteiger partial charge in [0.1, 0.15) is 0 Å². The molecule has 0 saturated heterocycles. The summed E-state index contributed by atoms with van der Waals surface area (Å²) in [6, 6.07) is 82.1. The Balaban J connectivity index is 0.000000113. The predicted molar refractivity (Wildman–Crippen MR) is 587 cm³/mol. The van der Waals surface area contributed by atoms with E-state index in [1.807, 2.05) is 195 Å². The molecule has 20 aromatic rings. The van der Waals surface area contributed by atoms with Crippen LogP contribution >= 0.6 is 0 Å². The highest BCUT2D eigenvalue weighted by Crippen LogP contribution is 2.49. The zero-order valence-corrected chi connectivity index (χ0v) is 82.0. The molecule has 20 nitrogen and oxygen atoms in total. The third kappa shape index (κ3) is 17.5. The summed E-state index contributed by atoms with van der Waals surface area (Å²) in [7, 11) is 9.80. The van der Waals surface area contributed by atoms with Gasteiger partial charge in [0, 0.05) is 87.9 Å². The number of fused-ring (bicyclic) bond motifs is 15. The minimum absolute atomic E-state index is 0.0117. The van der Waals surface area contributed by atoms with Gasteiger partial charge in [-0.2, -0.15) is 0 Å². The van der Waals surface area contributed by atoms with Gasteiger partial charge in [0.25, 0.3) is 58.5 Å². The molecule has 25 rings (SSSR count). The number of rotatable bonds is 10. The van der Waals surface area contributed by atoms with E-state index in [0.717, 1.165) is 107 Å². The number of pyridine rings is 10. The maximum atomic E-state index is 8.13.